The quantitative estimate of drug-likeness (QED) is 0.635. The number of rotatable bonds is 2. The molecular weight excluding hydrogens is 160 g/mol. The maximum absolute atomic E-state index is 6.37. The summed E-state index contributed by atoms with van der Waals surface area (Å²) in [7, 11) is 0. The Morgan fingerprint density at radius 2 is 1.38 bits per heavy atom. The zero-order valence-corrected chi connectivity index (χ0v) is 8.69. The number of nitrogens with two attached hydrogens (primary N) is 2. The van der Waals surface area contributed by atoms with Crippen LogP contribution in [0.4, 0.5) is 0 Å². The maximum atomic E-state index is 6.37. The summed E-state index contributed by atoms with van der Waals surface area (Å²) < 4.78 is 0. The molecule has 1 saturated carbocycles. The minimum atomic E-state index is -0.0329. The van der Waals surface area contributed by atoms with Gasteiger partial charge in [0.25, 0.3) is 0 Å². The molecule has 2 aliphatic carbocycles. The summed E-state index contributed by atoms with van der Waals surface area (Å²) in [5.74, 6) is 0. The lowest BCUT2D eigenvalue weighted by molar-refractivity contribution is 0.504. The Morgan fingerprint density at radius 3 is 1.69 bits per heavy atom. The Bertz CT molecular complexity index is 243. The molecule has 2 heteroatoms. The van der Waals surface area contributed by atoms with Crippen LogP contribution < -0.4 is 11.5 Å². The van der Waals surface area contributed by atoms with Crippen LogP contribution in [-0.4, -0.2) is 11.1 Å². The van der Waals surface area contributed by atoms with Gasteiger partial charge >= 0.3 is 0 Å². The van der Waals surface area contributed by atoms with Crippen LogP contribution in [0, 0.1) is 0 Å². The van der Waals surface area contributed by atoms with Crippen molar-refractivity contribution in [2.24, 2.45) is 11.5 Å². The zero-order chi connectivity index (χ0) is 9.69. The molecule has 1 fully saturated rings. The number of hydrogen-bond acceptors (Lipinski definition) is 2. The molecule has 0 spiro atoms. The molecule has 0 heterocycles. The molecule has 0 aromatic heterocycles. The van der Waals surface area contributed by atoms with Gasteiger partial charge in [0.15, 0.2) is 0 Å². The third kappa shape index (κ3) is 1.02. The first-order chi connectivity index (χ1) is 6.06. The summed E-state index contributed by atoms with van der Waals surface area (Å²) >= 11 is 0. The molecule has 2 aliphatic rings. The van der Waals surface area contributed by atoms with Gasteiger partial charge in [-0.05, 0) is 43.3 Å². The van der Waals surface area contributed by atoms with Gasteiger partial charge in [0.2, 0.25) is 0 Å². The van der Waals surface area contributed by atoms with Crippen molar-refractivity contribution in [3.8, 4) is 0 Å². The summed E-state index contributed by atoms with van der Waals surface area (Å²) in [5.41, 5.74) is 15.6. The first-order valence-corrected chi connectivity index (χ1v) is 5.36. The summed E-state index contributed by atoms with van der Waals surface area (Å²) in [5, 5.41) is 0. The van der Waals surface area contributed by atoms with Crippen molar-refractivity contribution in [2.45, 2.75) is 57.0 Å². The molecule has 0 radical (unpaired) electrons. The molecule has 13 heavy (non-hydrogen) atoms. The van der Waals surface area contributed by atoms with Gasteiger partial charge in [0.1, 0.15) is 0 Å². The van der Waals surface area contributed by atoms with Crippen molar-refractivity contribution >= 4 is 0 Å². The van der Waals surface area contributed by atoms with Crippen molar-refractivity contribution in [1.82, 2.24) is 0 Å². The lowest BCUT2D eigenvalue weighted by Gasteiger charge is -2.29. The Labute approximate surface area is 80.4 Å². The van der Waals surface area contributed by atoms with E-state index < -0.39 is 0 Å². The highest BCUT2D eigenvalue weighted by Gasteiger charge is 2.54. The van der Waals surface area contributed by atoms with Crippen LogP contribution in [0.25, 0.3) is 0 Å². The average molecular weight is 180 g/mol. The van der Waals surface area contributed by atoms with E-state index >= 15 is 0 Å². The standard InChI is InChI=1S/C11H20N2/c1-3-8-9(4-2)11(13)6-5-10(8,12)7-11/h3-7,12-13H2,1-2H3. The van der Waals surface area contributed by atoms with Gasteiger partial charge in [-0.1, -0.05) is 13.8 Å². The van der Waals surface area contributed by atoms with Crippen molar-refractivity contribution in [3.63, 3.8) is 0 Å². The maximum Gasteiger partial charge on any atom is 0.0393 e. The summed E-state index contributed by atoms with van der Waals surface area (Å²) in [6.45, 7) is 4.40. The second-order valence-electron chi connectivity index (χ2n) is 4.65. The molecule has 0 aromatic rings. The number of hydrogen-bond donors (Lipinski definition) is 2. The van der Waals surface area contributed by atoms with Crippen molar-refractivity contribution in [3.05, 3.63) is 11.1 Å². The summed E-state index contributed by atoms with van der Waals surface area (Å²) in [6, 6.07) is 0. The lowest BCUT2D eigenvalue weighted by Crippen LogP contribution is -2.38. The van der Waals surface area contributed by atoms with E-state index in [1.54, 1.807) is 0 Å². The largest absolute Gasteiger partial charge is 0.322 e. The van der Waals surface area contributed by atoms with E-state index in [1.807, 2.05) is 0 Å². The van der Waals surface area contributed by atoms with Crippen LogP contribution in [-0.2, 0) is 0 Å². The van der Waals surface area contributed by atoms with Crippen LogP contribution in [0.1, 0.15) is 46.0 Å². The van der Waals surface area contributed by atoms with Crippen LogP contribution in [0.3, 0.4) is 0 Å². The summed E-state index contributed by atoms with van der Waals surface area (Å²) in [6.07, 6.45) is 5.34. The SMILES string of the molecule is CCC1=C(CC)C2(N)CCC1(N)C2. The minimum Gasteiger partial charge on any atom is -0.322 e. The molecule has 74 valence electrons. The normalized spacial score (nSPS) is 43.4. The topological polar surface area (TPSA) is 52.0 Å². The van der Waals surface area contributed by atoms with E-state index in [4.69, 9.17) is 11.5 Å². The molecule has 0 aromatic carbocycles. The predicted octanol–water partition coefficient (Wildman–Crippen LogP) is 1.70. The fourth-order valence-corrected chi connectivity index (χ4v) is 3.43. The first kappa shape index (κ1) is 9.22. The third-order valence-electron chi connectivity index (χ3n) is 3.92. The number of fused-ring (bicyclic) bond motifs is 2. The Hall–Kier alpha value is -0.340. The zero-order valence-electron chi connectivity index (χ0n) is 8.69. The van der Waals surface area contributed by atoms with E-state index in [1.165, 1.54) is 11.1 Å². The Kier molecular flexibility index (Phi) is 1.83. The van der Waals surface area contributed by atoms with Gasteiger partial charge in [-0.3, -0.25) is 0 Å². The summed E-state index contributed by atoms with van der Waals surface area (Å²) in [4.78, 5) is 0. The molecule has 2 bridgehead atoms. The molecule has 4 N–H and O–H groups in total. The van der Waals surface area contributed by atoms with Crippen molar-refractivity contribution in [1.29, 1.82) is 0 Å². The average Bonchev–Trinajstić information content (AvgIpc) is 2.49. The molecule has 0 aliphatic heterocycles. The van der Waals surface area contributed by atoms with E-state index in [9.17, 15) is 0 Å². The van der Waals surface area contributed by atoms with Gasteiger partial charge in [-0.25, -0.2) is 0 Å². The Balaban J connectivity index is 2.47. The lowest BCUT2D eigenvalue weighted by atomic mass is 9.82. The molecule has 0 saturated heterocycles. The minimum absolute atomic E-state index is 0.0329. The van der Waals surface area contributed by atoms with Gasteiger partial charge in [-0.2, -0.15) is 0 Å². The second kappa shape index (κ2) is 2.58. The van der Waals surface area contributed by atoms with E-state index in [2.05, 4.69) is 13.8 Å². The van der Waals surface area contributed by atoms with Crippen LogP contribution in [0.5, 0.6) is 0 Å². The van der Waals surface area contributed by atoms with Gasteiger partial charge in [0, 0.05) is 11.1 Å². The molecular formula is C11H20N2. The second-order valence-corrected chi connectivity index (χ2v) is 4.65. The predicted molar refractivity (Wildman–Crippen MR) is 55.3 cm³/mol. The third-order valence-corrected chi connectivity index (χ3v) is 3.92. The molecule has 2 unspecified atom stereocenters. The fourth-order valence-electron chi connectivity index (χ4n) is 3.43. The molecule has 2 nitrogen and oxygen atoms in total. The highest BCUT2D eigenvalue weighted by Crippen LogP contribution is 2.53. The highest BCUT2D eigenvalue weighted by atomic mass is 14.9. The van der Waals surface area contributed by atoms with E-state index in [-0.39, 0.29) is 11.1 Å². The molecule has 0 amide bonds. The van der Waals surface area contributed by atoms with Crippen LogP contribution in [0.2, 0.25) is 0 Å². The Morgan fingerprint density at radius 1 is 1.00 bits per heavy atom. The smallest absolute Gasteiger partial charge is 0.0393 e. The fraction of sp³-hybridized carbons (Fsp3) is 0.818. The monoisotopic (exact) mass is 180 g/mol. The van der Waals surface area contributed by atoms with E-state index in [0.29, 0.717) is 0 Å². The van der Waals surface area contributed by atoms with Crippen LogP contribution in [0.15, 0.2) is 11.1 Å². The highest BCUT2D eigenvalue weighted by molar-refractivity contribution is 5.45. The first-order valence-electron chi connectivity index (χ1n) is 5.36. The van der Waals surface area contributed by atoms with Crippen molar-refractivity contribution in [2.75, 3.05) is 0 Å². The molecule has 2 rings (SSSR count). The van der Waals surface area contributed by atoms with Gasteiger partial charge in [-0.15, -0.1) is 0 Å². The van der Waals surface area contributed by atoms with Gasteiger partial charge in [0.05, 0.1) is 0 Å². The van der Waals surface area contributed by atoms with Crippen LogP contribution >= 0.6 is 0 Å². The molecule has 2 atom stereocenters. The van der Waals surface area contributed by atoms with Crippen molar-refractivity contribution < 1.29 is 0 Å². The van der Waals surface area contributed by atoms with Gasteiger partial charge < -0.3 is 11.5 Å². The van der Waals surface area contributed by atoms with E-state index in [0.717, 1.165) is 32.1 Å².